The summed E-state index contributed by atoms with van der Waals surface area (Å²) in [4.78, 5) is 11.5. The Hall–Kier alpha value is -0.890. The van der Waals surface area contributed by atoms with Crippen LogP contribution in [-0.4, -0.2) is 102 Å². The largest absolute Gasteiger partial charge is 0.394 e. The van der Waals surface area contributed by atoms with Crippen molar-refractivity contribution in [3.05, 3.63) is 0 Å². The number of hydrogen-bond donors (Lipinski definition) is 6. The lowest BCUT2D eigenvalue weighted by molar-refractivity contribution is -0.323. The van der Waals surface area contributed by atoms with E-state index >= 15 is 0 Å². The molecule has 190 valence electrons. The van der Waals surface area contributed by atoms with Gasteiger partial charge in [-0.1, -0.05) is 36.6 Å². The number of carbonyl (C=O) groups excluding carboxylic acids is 1. The molecule has 10 unspecified atom stereocenters. The monoisotopic (exact) mass is 458 g/mol. The lowest BCUT2D eigenvalue weighted by atomic mass is 9.89. The van der Waals surface area contributed by atoms with Crippen LogP contribution in [-0.2, 0) is 23.7 Å². The van der Waals surface area contributed by atoms with Gasteiger partial charge in [-0.15, -0.1) is 0 Å². The minimum atomic E-state index is -1.27. The van der Waals surface area contributed by atoms with E-state index in [1.165, 1.54) is 14.0 Å². The number of aliphatic hydroxyl groups excluding tert-OH is 4. The summed E-state index contributed by atoms with van der Waals surface area (Å²) in [6.45, 7) is 2.09. The van der Waals surface area contributed by atoms with Gasteiger partial charge in [0.05, 0.1) is 31.5 Å². The van der Waals surface area contributed by atoms with E-state index in [2.05, 4.69) is 5.32 Å². The highest BCUT2D eigenvalue weighted by Crippen LogP contribution is 2.30. The molecule has 0 spiro atoms. The van der Waals surface area contributed by atoms with Crippen molar-refractivity contribution in [2.75, 3.05) is 20.3 Å². The van der Waals surface area contributed by atoms with Crippen molar-refractivity contribution in [3.8, 4) is 0 Å². The highest BCUT2D eigenvalue weighted by Gasteiger charge is 2.50. The Labute approximate surface area is 186 Å². The summed E-state index contributed by atoms with van der Waals surface area (Å²) in [6, 6.07) is -1.91. The molecule has 2 fully saturated rings. The number of aliphatic hydroxyl groups is 4. The van der Waals surface area contributed by atoms with Gasteiger partial charge in [0.25, 0.3) is 0 Å². The Morgan fingerprint density at radius 2 is 1.52 bits per heavy atom. The van der Waals surface area contributed by atoms with Gasteiger partial charge in [-0.05, 0) is 0 Å². The standard InChI is InChI=1S/C16H30N2O9.4CH4/c1-6-8(4-19)25-16(11(12(6)22)18-7(2)21)27-14-9(5-20)26-15(24-3)10(17)13(14)23;;;;/h6,8-16,19-20,22-23H,4-5,17H2,1-3H3,(H,18,21);4*1H4. The van der Waals surface area contributed by atoms with Crippen LogP contribution in [0.2, 0.25) is 0 Å². The molecular formula is C20H46N2O9. The molecular weight excluding hydrogens is 412 g/mol. The van der Waals surface area contributed by atoms with Crippen molar-refractivity contribution < 1.29 is 44.2 Å². The molecule has 0 aromatic rings. The van der Waals surface area contributed by atoms with Gasteiger partial charge in [0, 0.05) is 20.0 Å². The molecule has 31 heavy (non-hydrogen) atoms. The second kappa shape index (κ2) is 15.0. The molecule has 0 aromatic heterocycles. The fourth-order valence-corrected chi connectivity index (χ4v) is 3.43. The second-order valence-electron chi connectivity index (χ2n) is 6.93. The van der Waals surface area contributed by atoms with E-state index in [0.29, 0.717) is 0 Å². The first-order valence-electron chi connectivity index (χ1n) is 8.84. The van der Waals surface area contributed by atoms with E-state index in [1.807, 2.05) is 0 Å². The SMILES string of the molecule is C.C.C.C.COC1OC(CO)C(OC2OC(CO)C(C)C(O)C2NC(C)=O)C(O)C1N. The number of rotatable bonds is 6. The van der Waals surface area contributed by atoms with Crippen LogP contribution in [0.25, 0.3) is 0 Å². The van der Waals surface area contributed by atoms with Crippen LogP contribution in [0.4, 0.5) is 0 Å². The molecule has 0 bridgehead atoms. The van der Waals surface area contributed by atoms with Crippen LogP contribution in [0.1, 0.15) is 43.6 Å². The fraction of sp³-hybridized carbons (Fsp3) is 0.950. The Balaban J connectivity index is -0.00000196. The van der Waals surface area contributed by atoms with Crippen molar-refractivity contribution in [2.45, 2.75) is 98.7 Å². The van der Waals surface area contributed by atoms with Crippen LogP contribution in [0, 0.1) is 5.92 Å². The number of hydrogen-bond acceptors (Lipinski definition) is 10. The molecule has 7 N–H and O–H groups in total. The Morgan fingerprint density at radius 3 is 1.97 bits per heavy atom. The van der Waals surface area contributed by atoms with E-state index < -0.39 is 73.6 Å². The number of amides is 1. The Bertz CT molecular complexity index is 497. The summed E-state index contributed by atoms with van der Waals surface area (Å²) in [5.74, 6) is -0.894. The molecule has 1 amide bonds. The third kappa shape index (κ3) is 7.58. The lowest BCUT2D eigenvalue weighted by Crippen LogP contribution is -2.67. The zero-order chi connectivity index (χ0) is 20.3. The highest BCUT2D eigenvalue weighted by atomic mass is 16.7. The van der Waals surface area contributed by atoms with E-state index in [0.717, 1.165) is 0 Å². The minimum Gasteiger partial charge on any atom is -0.394 e. The zero-order valence-corrected chi connectivity index (χ0v) is 15.6. The normalized spacial score (nSPS) is 39.6. The maximum absolute atomic E-state index is 11.5. The number of methoxy groups -OCH3 is 1. The predicted molar refractivity (Wildman–Crippen MR) is 117 cm³/mol. The van der Waals surface area contributed by atoms with Gasteiger partial charge < -0.3 is 50.4 Å². The molecule has 0 radical (unpaired) electrons. The summed E-state index contributed by atoms with van der Waals surface area (Å²) in [6.07, 6.45) is -7.32. The van der Waals surface area contributed by atoms with Crippen LogP contribution >= 0.6 is 0 Å². The third-order valence-corrected chi connectivity index (χ3v) is 5.07. The molecule has 2 aliphatic rings. The molecule has 11 nitrogen and oxygen atoms in total. The van der Waals surface area contributed by atoms with Gasteiger partial charge in [-0.3, -0.25) is 4.79 Å². The van der Waals surface area contributed by atoms with Crippen molar-refractivity contribution in [1.29, 1.82) is 0 Å². The van der Waals surface area contributed by atoms with Gasteiger partial charge in [0.15, 0.2) is 12.6 Å². The molecule has 2 aliphatic heterocycles. The molecule has 11 heteroatoms. The minimum absolute atomic E-state index is 0. The first-order chi connectivity index (χ1) is 12.7. The topological polar surface area (TPSA) is 173 Å². The van der Waals surface area contributed by atoms with E-state index in [4.69, 9.17) is 24.7 Å². The zero-order valence-electron chi connectivity index (χ0n) is 15.6. The Morgan fingerprint density at radius 1 is 1.00 bits per heavy atom. The first-order valence-corrected chi connectivity index (χ1v) is 8.84. The molecule has 2 rings (SSSR count). The number of nitrogens with one attached hydrogen (secondary N) is 1. The summed E-state index contributed by atoms with van der Waals surface area (Å²) < 4.78 is 22.0. The summed E-state index contributed by atoms with van der Waals surface area (Å²) in [7, 11) is 1.35. The van der Waals surface area contributed by atoms with Crippen LogP contribution in [0.5, 0.6) is 0 Å². The summed E-state index contributed by atoms with van der Waals surface area (Å²) in [5.41, 5.74) is 5.90. The van der Waals surface area contributed by atoms with Gasteiger partial charge in [-0.25, -0.2) is 0 Å². The Kier molecular flexibility index (Phi) is 16.8. The number of nitrogens with two attached hydrogens (primary N) is 1. The average Bonchev–Trinajstić information content (AvgIpc) is 2.64. The summed E-state index contributed by atoms with van der Waals surface area (Å²) >= 11 is 0. The average molecular weight is 459 g/mol. The van der Waals surface area contributed by atoms with Crippen molar-refractivity contribution in [3.63, 3.8) is 0 Å². The lowest BCUT2D eigenvalue weighted by Gasteiger charge is -2.47. The second-order valence-corrected chi connectivity index (χ2v) is 6.93. The third-order valence-electron chi connectivity index (χ3n) is 5.07. The number of ether oxygens (including phenoxy) is 4. The summed E-state index contributed by atoms with van der Waals surface area (Å²) in [5, 5.41) is 42.7. The fourth-order valence-electron chi connectivity index (χ4n) is 3.43. The predicted octanol–water partition coefficient (Wildman–Crippen LogP) is -0.813. The van der Waals surface area contributed by atoms with E-state index in [1.54, 1.807) is 6.92 Å². The highest BCUT2D eigenvalue weighted by molar-refractivity contribution is 5.73. The van der Waals surface area contributed by atoms with Gasteiger partial charge in [0.2, 0.25) is 5.91 Å². The molecule has 0 saturated carbocycles. The quantitative estimate of drug-likeness (QED) is 0.295. The van der Waals surface area contributed by atoms with Crippen molar-refractivity contribution >= 4 is 5.91 Å². The van der Waals surface area contributed by atoms with Crippen molar-refractivity contribution in [2.24, 2.45) is 11.7 Å². The van der Waals surface area contributed by atoms with Gasteiger partial charge in [0.1, 0.15) is 24.4 Å². The van der Waals surface area contributed by atoms with E-state index in [9.17, 15) is 25.2 Å². The molecule has 0 aliphatic carbocycles. The van der Waals surface area contributed by atoms with Crippen LogP contribution < -0.4 is 11.1 Å². The maximum Gasteiger partial charge on any atom is 0.217 e. The maximum atomic E-state index is 11.5. The van der Waals surface area contributed by atoms with Crippen LogP contribution in [0.15, 0.2) is 0 Å². The first kappa shape index (κ1) is 34.7. The molecule has 0 aromatic carbocycles. The smallest absolute Gasteiger partial charge is 0.217 e. The molecule has 2 heterocycles. The molecule has 10 atom stereocenters. The number of carbonyl (C=O) groups is 1. The van der Waals surface area contributed by atoms with E-state index in [-0.39, 0.29) is 36.3 Å². The van der Waals surface area contributed by atoms with Gasteiger partial charge in [-0.2, -0.15) is 0 Å². The van der Waals surface area contributed by atoms with Crippen LogP contribution in [0.3, 0.4) is 0 Å². The molecule has 2 saturated heterocycles. The van der Waals surface area contributed by atoms with Gasteiger partial charge >= 0.3 is 0 Å². The van der Waals surface area contributed by atoms with Crippen molar-refractivity contribution in [1.82, 2.24) is 5.32 Å².